The quantitative estimate of drug-likeness (QED) is 0.229. The molecule has 0 saturated heterocycles. The molecule has 0 aromatic heterocycles. The Bertz CT molecular complexity index is 450. The first-order chi connectivity index (χ1) is 10.9. The Morgan fingerprint density at radius 2 is 0.792 bits per heavy atom. The molecule has 10 heteroatoms. The lowest BCUT2D eigenvalue weighted by Crippen LogP contribution is -2.63. The Morgan fingerprint density at radius 3 is 1.00 bits per heavy atom. The fourth-order valence-corrected chi connectivity index (χ4v) is 3.34. The van der Waals surface area contributed by atoms with Gasteiger partial charge in [0.05, 0.1) is 24.4 Å². The second kappa shape index (κ2) is 6.39. The minimum absolute atomic E-state index is 0.723. The molecule has 8 N–H and O–H groups in total. The van der Waals surface area contributed by atoms with Gasteiger partial charge in [0, 0.05) is 25.7 Å². The summed E-state index contributed by atoms with van der Waals surface area (Å²) in [6.07, 6.45) is -12.7. The average molecular weight is 350 g/mol. The van der Waals surface area contributed by atoms with Crippen molar-refractivity contribution in [2.45, 2.75) is 73.5 Å². The van der Waals surface area contributed by atoms with Gasteiger partial charge in [-0.25, -0.2) is 0 Å². The lowest BCUT2D eigenvalue weighted by molar-refractivity contribution is -0.187. The largest absolute Gasteiger partial charge is 0.390 e. The first kappa shape index (κ1) is 19.3. The topological polar surface area (TPSA) is 196 Å². The van der Waals surface area contributed by atoms with Gasteiger partial charge in [0.25, 0.3) is 0 Å². The van der Waals surface area contributed by atoms with Gasteiger partial charge in [-0.2, -0.15) is 0 Å². The molecule has 0 amide bonds. The van der Waals surface area contributed by atoms with Crippen LogP contribution in [-0.2, 0) is 9.59 Å². The van der Waals surface area contributed by atoms with Gasteiger partial charge in [-0.3, -0.25) is 9.59 Å². The van der Waals surface area contributed by atoms with Crippen molar-refractivity contribution < 1.29 is 50.4 Å². The van der Waals surface area contributed by atoms with Crippen molar-refractivity contribution >= 4 is 11.6 Å². The number of carbonyl (C=O) groups is 2. The van der Waals surface area contributed by atoms with E-state index in [0.717, 1.165) is 0 Å². The van der Waals surface area contributed by atoms with Gasteiger partial charge in [-0.1, -0.05) is 0 Å². The van der Waals surface area contributed by atoms with Gasteiger partial charge in [0.15, 0.2) is 0 Å². The highest BCUT2D eigenvalue weighted by Crippen LogP contribution is 2.35. The van der Waals surface area contributed by atoms with E-state index in [1.54, 1.807) is 0 Å². The Labute approximate surface area is 136 Å². The lowest BCUT2D eigenvalue weighted by atomic mass is 9.70. The summed E-state index contributed by atoms with van der Waals surface area (Å²) in [5.41, 5.74) is -5.01. The molecule has 138 valence electrons. The molecule has 2 saturated carbocycles. The zero-order chi connectivity index (χ0) is 18.4. The van der Waals surface area contributed by atoms with Crippen LogP contribution >= 0.6 is 0 Å². The number of ketones is 2. The highest BCUT2D eigenvalue weighted by molar-refractivity contribution is 6.43. The number of hydrogen-bond donors (Lipinski definition) is 8. The smallest absolute Gasteiger partial charge is 0.233 e. The maximum Gasteiger partial charge on any atom is 0.233 e. The minimum atomic E-state index is -2.50. The van der Waals surface area contributed by atoms with Crippen LogP contribution in [0.1, 0.15) is 25.7 Å². The van der Waals surface area contributed by atoms with Gasteiger partial charge in [-0.15, -0.1) is 0 Å². The first-order valence-corrected chi connectivity index (χ1v) is 7.54. The summed E-state index contributed by atoms with van der Waals surface area (Å²) >= 11 is 0. The molecule has 2 aliphatic rings. The van der Waals surface area contributed by atoms with Crippen LogP contribution in [0.2, 0.25) is 0 Å². The van der Waals surface area contributed by atoms with Crippen molar-refractivity contribution in [3.05, 3.63) is 0 Å². The molecule has 2 fully saturated rings. The van der Waals surface area contributed by atoms with E-state index in [4.69, 9.17) is 0 Å². The molecule has 0 aromatic rings. The summed E-state index contributed by atoms with van der Waals surface area (Å²) in [7, 11) is 0. The third-order valence-corrected chi connectivity index (χ3v) is 4.82. The minimum Gasteiger partial charge on any atom is -0.390 e. The Hall–Kier alpha value is -0.980. The van der Waals surface area contributed by atoms with E-state index < -0.39 is 85.1 Å². The third kappa shape index (κ3) is 3.24. The molecule has 0 bridgehead atoms. The van der Waals surface area contributed by atoms with Crippen LogP contribution in [0.5, 0.6) is 0 Å². The third-order valence-electron chi connectivity index (χ3n) is 4.82. The molecular formula is C14H22O10. The molecular weight excluding hydrogens is 328 g/mol. The molecule has 0 spiro atoms. The van der Waals surface area contributed by atoms with E-state index in [2.05, 4.69) is 0 Å². The van der Waals surface area contributed by atoms with Crippen molar-refractivity contribution in [2.24, 2.45) is 0 Å². The van der Waals surface area contributed by atoms with Gasteiger partial charge in [-0.05, 0) is 0 Å². The molecule has 4 atom stereocenters. The summed E-state index contributed by atoms with van der Waals surface area (Å²) in [4.78, 5) is 24.7. The molecule has 0 aliphatic heterocycles. The number of Topliss-reactive ketones (excluding diaryl/α,β-unsaturated/α-hetero) is 2. The number of hydrogen-bond acceptors (Lipinski definition) is 10. The first-order valence-electron chi connectivity index (χ1n) is 7.54. The van der Waals surface area contributed by atoms with Crippen LogP contribution in [0, 0.1) is 0 Å². The average Bonchev–Trinajstić information content (AvgIpc) is 2.48. The second-order valence-corrected chi connectivity index (χ2v) is 6.79. The van der Waals surface area contributed by atoms with Gasteiger partial charge < -0.3 is 40.9 Å². The van der Waals surface area contributed by atoms with E-state index in [-0.39, 0.29) is 0 Å². The second-order valence-electron chi connectivity index (χ2n) is 6.79. The standard InChI is InChI=1S/C14H22O10/c15-5-1-13(23,2-6(16)9(5)19)11(21)12(22)14(24)3-7(17)10(20)8(18)4-14/h5-10,15-20,23-24H,1-4H2/t5-,6-,7-,8-,9?,10?,13?,14?/m1/s1. The van der Waals surface area contributed by atoms with E-state index in [9.17, 15) is 50.4 Å². The molecule has 0 aromatic carbocycles. The number of aliphatic hydroxyl groups excluding tert-OH is 6. The lowest BCUT2D eigenvalue weighted by Gasteiger charge is -2.42. The highest BCUT2D eigenvalue weighted by Gasteiger charge is 2.56. The van der Waals surface area contributed by atoms with Gasteiger partial charge >= 0.3 is 0 Å². The summed E-state index contributed by atoms with van der Waals surface area (Å²) in [5, 5.41) is 77.9. The zero-order valence-electron chi connectivity index (χ0n) is 12.7. The van der Waals surface area contributed by atoms with E-state index in [1.807, 2.05) is 0 Å². The molecule has 0 heterocycles. The van der Waals surface area contributed by atoms with Crippen molar-refractivity contribution in [3.8, 4) is 0 Å². The summed E-state index contributed by atoms with van der Waals surface area (Å²) in [5.74, 6) is -3.02. The van der Waals surface area contributed by atoms with Crippen molar-refractivity contribution in [1.29, 1.82) is 0 Å². The van der Waals surface area contributed by atoms with Crippen molar-refractivity contribution in [1.82, 2.24) is 0 Å². The van der Waals surface area contributed by atoms with E-state index >= 15 is 0 Å². The zero-order valence-corrected chi connectivity index (χ0v) is 12.7. The molecule has 24 heavy (non-hydrogen) atoms. The number of carbonyl (C=O) groups excluding carboxylic acids is 2. The fraction of sp³-hybridized carbons (Fsp3) is 0.857. The van der Waals surface area contributed by atoms with Crippen LogP contribution in [0.4, 0.5) is 0 Å². The molecule has 2 rings (SSSR count). The molecule has 0 radical (unpaired) electrons. The predicted octanol–water partition coefficient (Wildman–Crippen LogP) is -4.66. The van der Waals surface area contributed by atoms with Crippen LogP contribution < -0.4 is 0 Å². The van der Waals surface area contributed by atoms with Crippen molar-refractivity contribution in [3.63, 3.8) is 0 Å². The fourth-order valence-electron chi connectivity index (χ4n) is 3.34. The summed E-state index contributed by atoms with van der Waals surface area (Å²) < 4.78 is 0. The Morgan fingerprint density at radius 1 is 0.583 bits per heavy atom. The van der Waals surface area contributed by atoms with E-state index in [1.165, 1.54) is 0 Å². The number of aliphatic hydroxyl groups is 8. The van der Waals surface area contributed by atoms with Gasteiger partial charge in [0.2, 0.25) is 11.6 Å². The molecule has 10 nitrogen and oxygen atoms in total. The predicted molar refractivity (Wildman–Crippen MR) is 74.4 cm³/mol. The highest BCUT2D eigenvalue weighted by atomic mass is 16.4. The SMILES string of the molecule is O=C(C(=O)C1(O)C[C@@H](O)C(O)[C@H](O)C1)C1(O)C[C@@H](O)C(O)[C@H](O)C1. The normalized spacial score (nSPS) is 49.7. The summed E-state index contributed by atoms with van der Waals surface area (Å²) in [6.45, 7) is 0. The van der Waals surface area contributed by atoms with Crippen LogP contribution in [-0.4, -0.2) is 100 Å². The van der Waals surface area contributed by atoms with Gasteiger partial charge in [0.1, 0.15) is 23.4 Å². The summed E-state index contributed by atoms with van der Waals surface area (Å²) in [6, 6.07) is 0. The van der Waals surface area contributed by atoms with Crippen LogP contribution in [0.25, 0.3) is 0 Å². The van der Waals surface area contributed by atoms with E-state index in [0.29, 0.717) is 0 Å². The van der Waals surface area contributed by atoms with Crippen molar-refractivity contribution in [2.75, 3.05) is 0 Å². The Balaban J connectivity index is 2.21. The maximum absolute atomic E-state index is 12.3. The van der Waals surface area contributed by atoms with Crippen LogP contribution in [0.15, 0.2) is 0 Å². The molecule has 2 aliphatic carbocycles. The molecule has 0 unspecified atom stereocenters. The van der Waals surface area contributed by atoms with Crippen LogP contribution in [0.3, 0.4) is 0 Å². The Kier molecular flexibility index (Phi) is 5.15. The number of rotatable bonds is 3. The maximum atomic E-state index is 12.3. The monoisotopic (exact) mass is 350 g/mol.